The van der Waals surface area contributed by atoms with Crippen molar-refractivity contribution in [2.45, 2.75) is 81.1 Å². The van der Waals surface area contributed by atoms with Crippen molar-refractivity contribution in [2.24, 2.45) is 0 Å². The minimum atomic E-state index is -3.50. The number of hydrogen-bond acceptors (Lipinski definition) is 6. The number of hydrogen-bond donors (Lipinski definition) is 0. The molecule has 0 atom stereocenters. The van der Waals surface area contributed by atoms with Gasteiger partial charge in [0.2, 0.25) is 0 Å². The molecule has 0 aliphatic carbocycles. The van der Waals surface area contributed by atoms with Crippen LogP contribution in [0.3, 0.4) is 0 Å². The molecule has 0 N–H and O–H groups in total. The molecule has 8 nitrogen and oxygen atoms in total. The van der Waals surface area contributed by atoms with Gasteiger partial charge in [-0.2, -0.15) is 0 Å². The van der Waals surface area contributed by atoms with E-state index >= 15 is 0 Å². The van der Waals surface area contributed by atoms with Crippen LogP contribution in [-0.4, -0.2) is 81.6 Å². The maximum atomic E-state index is 11.4. The molecule has 8 radical (unpaired) electrons. The van der Waals surface area contributed by atoms with Gasteiger partial charge in [-0.3, -0.25) is 0 Å². The van der Waals surface area contributed by atoms with Crippen LogP contribution < -0.4 is 0 Å². The van der Waals surface area contributed by atoms with Crippen molar-refractivity contribution in [3.8, 4) is 0 Å². The van der Waals surface area contributed by atoms with Crippen molar-refractivity contribution >= 4 is 42.0 Å². The van der Waals surface area contributed by atoms with E-state index in [0.29, 0.717) is 39.6 Å². The van der Waals surface area contributed by atoms with Crippen molar-refractivity contribution in [2.75, 3.05) is 39.6 Å². The van der Waals surface area contributed by atoms with E-state index in [-0.39, 0.29) is 23.9 Å². The van der Waals surface area contributed by atoms with Crippen LogP contribution in [-0.2, 0) is 36.1 Å². The summed E-state index contributed by atoms with van der Waals surface area (Å²) in [6, 6.07) is 0. The summed E-state index contributed by atoms with van der Waals surface area (Å²) in [7, 11) is -7.00. The zero-order chi connectivity index (χ0) is 24.3. The van der Waals surface area contributed by atoms with Gasteiger partial charge in [-0.15, -0.1) is 0 Å². The van der Waals surface area contributed by atoms with Gasteiger partial charge in [0.15, 0.2) is 0 Å². The minimum Gasteiger partial charge on any atom is -0.350 e. The van der Waals surface area contributed by atoms with Crippen molar-refractivity contribution in [1.29, 1.82) is 0 Å². The van der Waals surface area contributed by atoms with Crippen LogP contribution in [0.4, 0.5) is 0 Å². The fourth-order valence-corrected chi connectivity index (χ4v) is 3.93. The maximum absolute atomic E-state index is 11.4. The van der Waals surface area contributed by atoms with Crippen LogP contribution in [0.1, 0.15) is 81.1 Å². The van der Waals surface area contributed by atoms with Crippen LogP contribution in [0.5, 0.6) is 0 Å². The third-order valence-electron chi connectivity index (χ3n) is 2.63. The van der Waals surface area contributed by atoms with E-state index in [2.05, 4.69) is 27.7 Å². The van der Waals surface area contributed by atoms with E-state index in [0.717, 1.165) is 12.8 Å². The molecule has 0 aliphatic rings. The molecule has 0 aromatic rings. The maximum Gasteiger partial charge on any atom is 0.707 e. The van der Waals surface area contributed by atoms with Gasteiger partial charge in [-0.05, 0) is 41.5 Å². The van der Waals surface area contributed by atoms with Gasteiger partial charge in [0, 0.05) is 63.5 Å². The predicted octanol–water partition coefficient (Wildman–Crippen LogP) is 4.78. The summed E-state index contributed by atoms with van der Waals surface area (Å²) in [4.78, 5) is 22.7. The molecule has 188 valence electrons. The molecule has 0 unspecified atom stereocenters. The summed E-state index contributed by atoms with van der Waals surface area (Å²) in [6.45, 7) is 24.0. The molecule has 0 fully saturated rings. The first-order valence-electron chi connectivity index (χ1n) is 11.0. The SMILES string of the molecule is CCO[Si]([O])(OCC)OCC.CCO[Si]([O])(OCC)OCC.[CH2]CCC.[CH2]CCC.[Sn]. The van der Waals surface area contributed by atoms with Crippen molar-refractivity contribution < 1.29 is 36.1 Å². The smallest absolute Gasteiger partial charge is 0.350 e. The molecule has 0 heterocycles. The third kappa shape index (κ3) is 35.7. The average Bonchev–Trinajstić information content (AvgIpc) is 2.70. The van der Waals surface area contributed by atoms with Gasteiger partial charge in [-0.1, -0.05) is 53.4 Å². The summed E-state index contributed by atoms with van der Waals surface area (Å²) in [5.41, 5.74) is 0. The summed E-state index contributed by atoms with van der Waals surface area (Å²) in [5.74, 6) is 0. The van der Waals surface area contributed by atoms with Gasteiger partial charge in [0.05, 0.1) is 0 Å². The van der Waals surface area contributed by atoms with Crippen LogP contribution >= 0.6 is 0 Å². The Bertz CT molecular complexity index is 240. The molecule has 0 rings (SSSR count). The summed E-state index contributed by atoms with van der Waals surface area (Å²) < 4.78 is 29.1. The van der Waals surface area contributed by atoms with E-state index in [9.17, 15) is 9.59 Å². The molecule has 0 aliphatic heterocycles. The molecular weight excluding hydrogens is 543 g/mol. The predicted molar refractivity (Wildman–Crippen MR) is 129 cm³/mol. The minimum absolute atomic E-state index is 0. The van der Waals surface area contributed by atoms with Gasteiger partial charge < -0.3 is 26.6 Å². The van der Waals surface area contributed by atoms with Gasteiger partial charge in [0.1, 0.15) is 0 Å². The van der Waals surface area contributed by atoms with E-state index in [1.807, 2.05) is 0 Å². The Labute approximate surface area is 212 Å². The zero-order valence-electron chi connectivity index (χ0n) is 21.3. The molecule has 0 saturated carbocycles. The first kappa shape index (κ1) is 42.1. The second-order valence-electron chi connectivity index (χ2n) is 5.31. The topological polar surface area (TPSA) is 95.2 Å². The fraction of sp³-hybridized carbons (Fsp3) is 0.900. The van der Waals surface area contributed by atoms with Crippen molar-refractivity contribution in [3.05, 3.63) is 13.8 Å². The number of rotatable bonds is 14. The van der Waals surface area contributed by atoms with E-state index in [1.54, 1.807) is 41.5 Å². The molecule has 0 amide bonds. The van der Waals surface area contributed by atoms with Crippen LogP contribution in [0.2, 0.25) is 0 Å². The molecule has 0 aromatic heterocycles. The molecule has 11 heteroatoms. The molecule has 0 bridgehead atoms. The first-order valence-corrected chi connectivity index (χ1v) is 14.3. The standard InChI is InChI=1S/2C6H15O4Si.2C4H9.Sn/c2*1-4-8-11(7,9-5-2)10-6-3;2*1-3-4-2;/h2*4-6H2,1-3H3;2*1,3-4H2,2H3;. The second kappa shape index (κ2) is 33.1. The second-order valence-corrected chi connectivity index (χ2v) is 9.04. The van der Waals surface area contributed by atoms with Crippen molar-refractivity contribution in [1.82, 2.24) is 0 Å². The van der Waals surface area contributed by atoms with E-state index in [1.165, 1.54) is 12.8 Å². The molecule has 0 aromatic carbocycles. The van der Waals surface area contributed by atoms with Crippen molar-refractivity contribution in [3.63, 3.8) is 0 Å². The summed E-state index contributed by atoms with van der Waals surface area (Å²) in [6.07, 6.45) is 4.56. The monoisotopic (exact) mass is 592 g/mol. The Balaban J connectivity index is -0.000000106. The van der Waals surface area contributed by atoms with Gasteiger partial charge in [0.25, 0.3) is 0 Å². The van der Waals surface area contributed by atoms with Gasteiger partial charge >= 0.3 is 18.1 Å². The quantitative estimate of drug-likeness (QED) is 0.270. The fourth-order valence-electron chi connectivity index (χ4n) is 1.31. The van der Waals surface area contributed by atoms with E-state index in [4.69, 9.17) is 26.6 Å². The Kier molecular flexibility index (Phi) is 44.9. The normalized spacial score (nSPS) is 10.5. The molecule has 31 heavy (non-hydrogen) atoms. The number of unbranched alkanes of at least 4 members (excludes halogenated alkanes) is 2. The zero-order valence-corrected chi connectivity index (χ0v) is 26.1. The average molecular weight is 591 g/mol. The largest absolute Gasteiger partial charge is 0.707 e. The molecule has 0 saturated heterocycles. The summed E-state index contributed by atoms with van der Waals surface area (Å²) in [5, 5.41) is 0. The third-order valence-corrected chi connectivity index (χ3v) is 6.49. The van der Waals surface area contributed by atoms with Gasteiger partial charge in [-0.25, -0.2) is 9.59 Å². The van der Waals surface area contributed by atoms with Crippen LogP contribution in [0.15, 0.2) is 0 Å². The Morgan fingerprint density at radius 2 is 0.613 bits per heavy atom. The molecular formula is C20H48O8Si2Sn. The van der Waals surface area contributed by atoms with E-state index < -0.39 is 18.1 Å². The summed E-state index contributed by atoms with van der Waals surface area (Å²) >= 11 is 0. The van der Waals surface area contributed by atoms with Crippen LogP contribution in [0.25, 0.3) is 0 Å². The Morgan fingerprint density at radius 3 is 0.677 bits per heavy atom. The Morgan fingerprint density at radius 1 is 0.484 bits per heavy atom. The first-order chi connectivity index (χ1) is 14.2. The molecule has 0 spiro atoms. The van der Waals surface area contributed by atoms with Crippen LogP contribution in [0, 0.1) is 13.8 Å². The Hall–Kier alpha value is 0.912.